The molecule has 1 aliphatic rings. The summed E-state index contributed by atoms with van der Waals surface area (Å²) in [5.41, 5.74) is 1.48. The van der Waals surface area contributed by atoms with Crippen LogP contribution >= 0.6 is 0 Å². The Balaban J connectivity index is 1.59. The van der Waals surface area contributed by atoms with Crippen molar-refractivity contribution in [3.63, 3.8) is 0 Å². The molecule has 1 fully saturated rings. The van der Waals surface area contributed by atoms with Gasteiger partial charge in [0.15, 0.2) is 0 Å². The quantitative estimate of drug-likeness (QED) is 0.872. The van der Waals surface area contributed by atoms with E-state index < -0.39 is 10.0 Å². The Bertz CT molecular complexity index is 843. The Kier molecular flexibility index (Phi) is 5.68. The average molecular weight is 373 g/mol. The van der Waals surface area contributed by atoms with Crippen LogP contribution in [0, 0.1) is 0 Å². The molecular formula is C19H23N3O3S. The second-order valence-corrected chi connectivity index (χ2v) is 8.30. The van der Waals surface area contributed by atoms with Crippen molar-refractivity contribution in [1.29, 1.82) is 0 Å². The third-order valence-electron chi connectivity index (χ3n) is 4.66. The number of aryl methyl sites for hydroxylation is 1. The highest BCUT2D eigenvalue weighted by Gasteiger charge is 2.30. The molecule has 1 amide bonds. The first-order chi connectivity index (χ1) is 12.5. The van der Waals surface area contributed by atoms with Gasteiger partial charge in [0.25, 0.3) is 5.91 Å². The second kappa shape index (κ2) is 7.97. The van der Waals surface area contributed by atoms with Gasteiger partial charge >= 0.3 is 0 Å². The zero-order chi connectivity index (χ0) is 18.6. The van der Waals surface area contributed by atoms with Crippen molar-refractivity contribution in [2.45, 2.75) is 37.1 Å². The molecule has 138 valence electrons. The third kappa shape index (κ3) is 4.11. The molecule has 7 heteroatoms. The van der Waals surface area contributed by atoms with E-state index in [0.717, 1.165) is 12.0 Å². The lowest BCUT2D eigenvalue weighted by molar-refractivity contribution is 0.0919. The number of hydrogen-bond donors (Lipinski definition) is 1. The highest BCUT2D eigenvalue weighted by molar-refractivity contribution is 7.89. The summed E-state index contributed by atoms with van der Waals surface area (Å²) in [6.45, 7) is 2.82. The Labute approximate surface area is 154 Å². The highest BCUT2D eigenvalue weighted by atomic mass is 32.2. The molecule has 2 aromatic rings. The summed E-state index contributed by atoms with van der Waals surface area (Å²) in [6, 6.07) is 12.2. The van der Waals surface area contributed by atoms with Gasteiger partial charge in [-0.1, -0.05) is 25.1 Å². The number of carbonyl (C=O) groups excluding carboxylic acids is 1. The van der Waals surface area contributed by atoms with Gasteiger partial charge in [0.05, 0.1) is 4.90 Å². The van der Waals surface area contributed by atoms with Gasteiger partial charge in [0.2, 0.25) is 10.0 Å². The molecule has 3 rings (SSSR count). The third-order valence-corrected chi connectivity index (χ3v) is 6.57. The number of rotatable bonds is 5. The summed E-state index contributed by atoms with van der Waals surface area (Å²) in [5.74, 6) is -0.220. The maximum Gasteiger partial charge on any atom is 0.270 e. The van der Waals surface area contributed by atoms with Gasteiger partial charge in [-0.15, -0.1) is 0 Å². The smallest absolute Gasteiger partial charge is 0.270 e. The standard InChI is InChI=1S/C19H23N3O3S/c1-2-15-6-8-17(9-7-15)26(24,25)22-13-10-16(11-14-22)21-19(23)18-5-3-4-12-20-18/h3-9,12,16H,2,10-11,13-14H2,1H3,(H,21,23). The van der Waals surface area contributed by atoms with Crippen molar-refractivity contribution in [3.8, 4) is 0 Å². The van der Waals surface area contributed by atoms with Crippen molar-refractivity contribution in [3.05, 3.63) is 59.9 Å². The van der Waals surface area contributed by atoms with Crippen molar-refractivity contribution < 1.29 is 13.2 Å². The number of carbonyl (C=O) groups is 1. The molecule has 1 aromatic carbocycles. The van der Waals surface area contributed by atoms with E-state index >= 15 is 0 Å². The van der Waals surface area contributed by atoms with Crippen LogP contribution in [0.3, 0.4) is 0 Å². The lowest BCUT2D eigenvalue weighted by atomic mass is 10.1. The van der Waals surface area contributed by atoms with Crippen molar-refractivity contribution in [2.75, 3.05) is 13.1 Å². The lowest BCUT2D eigenvalue weighted by Gasteiger charge is -2.31. The predicted molar refractivity (Wildman–Crippen MR) is 99.3 cm³/mol. The number of benzene rings is 1. The molecule has 0 saturated carbocycles. The van der Waals surface area contributed by atoms with Crippen LogP contribution in [-0.4, -0.2) is 42.7 Å². The van der Waals surface area contributed by atoms with Crippen LogP contribution in [0.15, 0.2) is 53.6 Å². The predicted octanol–water partition coefficient (Wildman–Crippen LogP) is 2.23. The van der Waals surface area contributed by atoms with Crippen molar-refractivity contribution in [2.24, 2.45) is 0 Å². The van der Waals surface area contributed by atoms with Gasteiger partial charge in [0.1, 0.15) is 5.69 Å². The number of aromatic nitrogens is 1. The van der Waals surface area contributed by atoms with Gasteiger partial charge in [-0.2, -0.15) is 4.31 Å². The summed E-state index contributed by atoms with van der Waals surface area (Å²) in [5, 5.41) is 2.94. The van der Waals surface area contributed by atoms with Gasteiger partial charge in [-0.25, -0.2) is 8.42 Å². The maximum atomic E-state index is 12.8. The molecule has 0 unspecified atom stereocenters. The molecule has 0 atom stereocenters. The Morgan fingerprint density at radius 3 is 2.42 bits per heavy atom. The van der Waals surface area contributed by atoms with Gasteiger partial charge < -0.3 is 5.32 Å². The van der Waals surface area contributed by atoms with E-state index in [9.17, 15) is 13.2 Å². The molecule has 0 aliphatic carbocycles. The number of nitrogens with one attached hydrogen (secondary N) is 1. The van der Waals surface area contributed by atoms with Crippen LogP contribution in [0.25, 0.3) is 0 Å². The van der Waals surface area contributed by atoms with Gasteiger partial charge in [-0.05, 0) is 49.1 Å². The van der Waals surface area contributed by atoms with E-state index in [0.29, 0.717) is 36.5 Å². The van der Waals surface area contributed by atoms with Crippen LogP contribution in [0.1, 0.15) is 35.8 Å². The normalized spacial score (nSPS) is 16.3. The van der Waals surface area contributed by atoms with Crippen molar-refractivity contribution >= 4 is 15.9 Å². The van der Waals surface area contributed by atoms with Crippen molar-refractivity contribution in [1.82, 2.24) is 14.6 Å². The van der Waals surface area contributed by atoms with Crippen LogP contribution in [-0.2, 0) is 16.4 Å². The molecule has 0 bridgehead atoms. The van der Waals surface area contributed by atoms with E-state index in [1.54, 1.807) is 36.5 Å². The summed E-state index contributed by atoms with van der Waals surface area (Å²) in [4.78, 5) is 16.5. The molecule has 2 heterocycles. The maximum absolute atomic E-state index is 12.8. The van der Waals surface area contributed by atoms with E-state index in [-0.39, 0.29) is 11.9 Å². The molecule has 1 aromatic heterocycles. The number of piperidine rings is 1. The molecule has 26 heavy (non-hydrogen) atoms. The summed E-state index contributed by atoms with van der Waals surface area (Å²) in [6.07, 6.45) is 3.63. The van der Waals surface area contributed by atoms with E-state index in [1.807, 2.05) is 19.1 Å². The van der Waals surface area contributed by atoms with E-state index in [4.69, 9.17) is 0 Å². The van der Waals surface area contributed by atoms with E-state index in [2.05, 4.69) is 10.3 Å². The first kappa shape index (κ1) is 18.5. The summed E-state index contributed by atoms with van der Waals surface area (Å²) >= 11 is 0. The zero-order valence-corrected chi connectivity index (χ0v) is 15.6. The highest BCUT2D eigenvalue weighted by Crippen LogP contribution is 2.21. The first-order valence-corrected chi connectivity index (χ1v) is 10.3. The molecule has 6 nitrogen and oxygen atoms in total. The Morgan fingerprint density at radius 2 is 1.85 bits per heavy atom. The number of nitrogens with zero attached hydrogens (tertiary/aromatic N) is 2. The van der Waals surface area contributed by atoms with Crippen LogP contribution < -0.4 is 5.32 Å². The number of sulfonamides is 1. The molecule has 0 spiro atoms. The number of pyridine rings is 1. The fourth-order valence-corrected chi connectivity index (χ4v) is 4.51. The van der Waals surface area contributed by atoms with Gasteiger partial charge in [-0.3, -0.25) is 9.78 Å². The fourth-order valence-electron chi connectivity index (χ4n) is 3.04. The Hall–Kier alpha value is -2.25. The molecule has 1 aliphatic heterocycles. The van der Waals surface area contributed by atoms with E-state index in [1.165, 1.54) is 4.31 Å². The minimum Gasteiger partial charge on any atom is -0.348 e. The number of amides is 1. The summed E-state index contributed by atoms with van der Waals surface area (Å²) in [7, 11) is -3.48. The fraction of sp³-hybridized carbons (Fsp3) is 0.368. The minimum atomic E-state index is -3.48. The second-order valence-electron chi connectivity index (χ2n) is 6.36. The first-order valence-electron chi connectivity index (χ1n) is 8.81. The van der Waals surface area contributed by atoms with Gasteiger partial charge in [0, 0.05) is 25.3 Å². The molecular weight excluding hydrogens is 350 g/mol. The minimum absolute atomic E-state index is 0.0431. The molecule has 1 N–H and O–H groups in total. The largest absolute Gasteiger partial charge is 0.348 e. The molecule has 1 saturated heterocycles. The monoisotopic (exact) mass is 373 g/mol. The SMILES string of the molecule is CCc1ccc(S(=O)(=O)N2CCC(NC(=O)c3ccccn3)CC2)cc1. The topological polar surface area (TPSA) is 79.4 Å². The van der Waals surface area contributed by atoms with Crippen LogP contribution in [0.2, 0.25) is 0 Å². The molecule has 0 radical (unpaired) electrons. The van der Waals surface area contributed by atoms with Crippen LogP contribution in [0.5, 0.6) is 0 Å². The Morgan fingerprint density at radius 1 is 1.15 bits per heavy atom. The summed E-state index contributed by atoms with van der Waals surface area (Å²) < 4.78 is 27.0. The number of hydrogen-bond acceptors (Lipinski definition) is 4. The van der Waals surface area contributed by atoms with Crippen LogP contribution in [0.4, 0.5) is 0 Å². The average Bonchev–Trinajstić information content (AvgIpc) is 2.69. The zero-order valence-electron chi connectivity index (χ0n) is 14.8. The lowest BCUT2D eigenvalue weighted by Crippen LogP contribution is -2.46.